The topological polar surface area (TPSA) is 29.1 Å². The average molecular weight is 201 g/mol. The number of hydrogen-bond donors (Lipinski definition) is 1. The van der Waals surface area contributed by atoms with E-state index in [0.717, 1.165) is 25.8 Å². The van der Waals surface area contributed by atoms with Crippen LogP contribution < -0.4 is 5.32 Å². The first-order chi connectivity index (χ1) is 7.22. The molecule has 3 rings (SSSR count). The average Bonchev–Trinajstić information content (AvgIpc) is 2.75. The molecule has 1 aliphatic carbocycles. The predicted molar refractivity (Wildman–Crippen MR) is 58.8 cm³/mol. The number of amides is 1. The van der Waals surface area contributed by atoms with Crippen LogP contribution >= 0.6 is 0 Å². The summed E-state index contributed by atoms with van der Waals surface area (Å²) < 4.78 is 0. The Kier molecular flexibility index (Phi) is 1.70. The molecule has 1 fully saturated rings. The Balaban J connectivity index is 2.15. The van der Waals surface area contributed by atoms with Crippen LogP contribution in [-0.4, -0.2) is 12.5 Å². The fourth-order valence-electron chi connectivity index (χ4n) is 3.05. The molecule has 1 aromatic carbocycles. The summed E-state index contributed by atoms with van der Waals surface area (Å²) in [5, 5.41) is 2.97. The number of fused-ring (bicyclic) bond motifs is 2. The molecule has 2 nitrogen and oxygen atoms in total. The number of hydrogen-bond acceptors (Lipinski definition) is 1. The minimum atomic E-state index is -0.178. The fraction of sp³-hybridized carbons (Fsp3) is 0.462. The van der Waals surface area contributed by atoms with E-state index in [-0.39, 0.29) is 11.3 Å². The summed E-state index contributed by atoms with van der Waals surface area (Å²) in [5.74, 6) is 0.241. The van der Waals surface area contributed by atoms with Gasteiger partial charge in [-0.3, -0.25) is 4.79 Å². The molecule has 1 N–H and O–H groups in total. The molecule has 0 aromatic heterocycles. The molecule has 0 saturated carbocycles. The number of carbonyl (C=O) groups excluding carboxylic acids is 1. The largest absolute Gasteiger partial charge is 0.355 e. The lowest BCUT2D eigenvalue weighted by Crippen LogP contribution is -2.33. The number of benzene rings is 1. The number of rotatable bonds is 0. The van der Waals surface area contributed by atoms with E-state index in [1.54, 1.807) is 0 Å². The van der Waals surface area contributed by atoms with Crippen molar-refractivity contribution in [3.8, 4) is 0 Å². The van der Waals surface area contributed by atoms with Gasteiger partial charge in [-0.25, -0.2) is 0 Å². The molecule has 1 unspecified atom stereocenters. The highest BCUT2D eigenvalue weighted by molar-refractivity contribution is 5.91. The van der Waals surface area contributed by atoms with Gasteiger partial charge in [0.1, 0.15) is 0 Å². The van der Waals surface area contributed by atoms with Gasteiger partial charge in [0.2, 0.25) is 5.91 Å². The highest BCUT2D eigenvalue weighted by atomic mass is 16.2. The summed E-state index contributed by atoms with van der Waals surface area (Å²) in [5.41, 5.74) is 3.78. The molecule has 2 heteroatoms. The van der Waals surface area contributed by atoms with Crippen LogP contribution in [0.5, 0.6) is 0 Å². The Morgan fingerprint density at radius 3 is 2.93 bits per heavy atom. The minimum Gasteiger partial charge on any atom is -0.355 e. The van der Waals surface area contributed by atoms with Gasteiger partial charge >= 0.3 is 0 Å². The maximum Gasteiger partial charge on any atom is 0.230 e. The molecular weight excluding hydrogens is 186 g/mol. The molecule has 1 atom stereocenters. The second kappa shape index (κ2) is 2.84. The van der Waals surface area contributed by atoms with Gasteiger partial charge in [0.15, 0.2) is 0 Å². The summed E-state index contributed by atoms with van der Waals surface area (Å²) in [6, 6.07) is 6.51. The lowest BCUT2D eigenvalue weighted by atomic mass is 9.80. The smallest absolute Gasteiger partial charge is 0.230 e. The van der Waals surface area contributed by atoms with Crippen LogP contribution in [0.15, 0.2) is 18.2 Å². The zero-order valence-electron chi connectivity index (χ0n) is 8.97. The Bertz CT molecular complexity index is 438. The van der Waals surface area contributed by atoms with Crippen molar-refractivity contribution in [2.24, 2.45) is 0 Å². The monoisotopic (exact) mass is 201 g/mol. The first-order valence-corrected chi connectivity index (χ1v) is 5.61. The molecule has 1 heterocycles. The third-order valence-electron chi connectivity index (χ3n) is 3.87. The van der Waals surface area contributed by atoms with Crippen LogP contribution in [0.2, 0.25) is 0 Å². The maximum absolute atomic E-state index is 11.9. The molecule has 0 bridgehead atoms. The Hall–Kier alpha value is -1.31. The van der Waals surface area contributed by atoms with Crippen LogP contribution in [0.25, 0.3) is 0 Å². The Morgan fingerprint density at radius 1 is 1.33 bits per heavy atom. The predicted octanol–water partition coefficient (Wildman–Crippen LogP) is 1.70. The second-order valence-electron chi connectivity index (χ2n) is 4.75. The van der Waals surface area contributed by atoms with Gasteiger partial charge in [0, 0.05) is 6.54 Å². The van der Waals surface area contributed by atoms with E-state index in [0.29, 0.717) is 0 Å². The zero-order chi connectivity index (χ0) is 10.5. The van der Waals surface area contributed by atoms with Gasteiger partial charge in [0.25, 0.3) is 0 Å². The highest BCUT2D eigenvalue weighted by Crippen LogP contribution is 2.43. The number of carbonyl (C=O) groups is 1. The first-order valence-electron chi connectivity index (χ1n) is 5.61. The summed E-state index contributed by atoms with van der Waals surface area (Å²) in [6.45, 7) is 2.95. The van der Waals surface area contributed by atoms with Crippen molar-refractivity contribution in [2.45, 2.75) is 31.6 Å². The lowest BCUT2D eigenvalue weighted by molar-refractivity contribution is -0.123. The summed E-state index contributed by atoms with van der Waals surface area (Å²) in [7, 11) is 0. The van der Waals surface area contributed by atoms with Gasteiger partial charge in [-0.2, -0.15) is 0 Å². The molecule has 1 aromatic rings. The van der Waals surface area contributed by atoms with E-state index in [9.17, 15) is 4.79 Å². The SMILES string of the molecule is Cc1ccc2c(c1)CCC21CCNC1=O. The van der Waals surface area contributed by atoms with Crippen molar-refractivity contribution in [3.05, 3.63) is 34.9 Å². The summed E-state index contributed by atoms with van der Waals surface area (Å²) >= 11 is 0. The van der Waals surface area contributed by atoms with Crippen LogP contribution in [0.1, 0.15) is 29.5 Å². The fourth-order valence-corrected chi connectivity index (χ4v) is 3.05. The maximum atomic E-state index is 11.9. The van der Waals surface area contributed by atoms with Gasteiger partial charge in [0.05, 0.1) is 5.41 Å². The lowest BCUT2D eigenvalue weighted by Gasteiger charge is -2.20. The molecule has 2 aliphatic rings. The van der Waals surface area contributed by atoms with Crippen molar-refractivity contribution in [3.63, 3.8) is 0 Å². The van der Waals surface area contributed by atoms with Gasteiger partial charge in [-0.15, -0.1) is 0 Å². The van der Waals surface area contributed by atoms with Crippen molar-refractivity contribution >= 4 is 5.91 Å². The van der Waals surface area contributed by atoms with E-state index in [2.05, 4.69) is 30.4 Å². The van der Waals surface area contributed by atoms with E-state index >= 15 is 0 Å². The van der Waals surface area contributed by atoms with Gasteiger partial charge < -0.3 is 5.32 Å². The number of nitrogens with one attached hydrogen (secondary N) is 1. The van der Waals surface area contributed by atoms with E-state index in [1.807, 2.05) is 0 Å². The highest BCUT2D eigenvalue weighted by Gasteiger charge is 2.47. The third-order valence-corrected chi connectivity index (χ3v) is 3.87. The second-order valence-corrected chi connectivity index (χ2v) is 4.75. The van der Waals surface area contributed by atoms with E-state index in [4.69, 9.17) is 0 Å². The standard InChI is InChI=1S/C13H15NO/c1-9-2-3-11-10(8-9)4-5-13(11)6-7-14-12(13)15/h2-3,8H,4-7H2,1H3,(H,14,15). The summed E-state index contributed by atoms with van der Waals surface area (Å²) in [6.07, 6.45) is 3.03. The van der Waals surface area contributed by atoms with Crippen molar-refractivity contribution in [1.82, 2.24) is 5.32 Å². The van der Waals surface area contributed by atoms with Crippen molar-refractivity contribution in [1.29, 1.82) is 0 Å². The van der Waals surface area contributed by atoms with E-state index in [1.165, 1.54) is 16.7 Å². The molecule has 0 radical (unpaired) electrons. The van der Waals surface area contributed by atoms with Crippen LogP contribution in [0.4, 0.5) is 0 Å². The Labute approximate surface area is 89.7 Å². The molecule has 1 aliphatic heterocycles. The molecular formula is C13H15NO. The molecule has 78 valence electrons. The molecule has 1 saturated heterocycles. The first kappa shape index (κ1) is 8.96. The summed E-state index contributed by atoms with van der Waals surface area (Å²) in [4.78, 5) is 11.9. The van der Waals surface area contributed by atoms with Crippen LogP contribution in [0.3, 0.4) is 0 Å². The quantitative estimate of drug-likeness (QED) is 0.680. The number of aryl methyl sites for hydroxylation is 2. The third kappa shape index (κ3) is 1.08. The molecule has 1 amide bonds. The molecule has 15 heavy (non-hydrogen) atoms. The Morgan fingerprint density at radius 2 is 2.20 bits per heavy atom. The van der Waals surface area contributed by atoms with Crippen molar-refractivity contribution < 1.29 is 4.79 Å². The zero-order valence-corrected chi connectivity index (χ0v) is 8.97. The minimum absolute atomic E-state index is 0.178. The van der Waals surface area contributed by atoms with Crippen LogP contribution in [-0.2, 0) is 16.6 Å². The van der Waals surface area contributed by atoms with Gasteiger partial charge in [-0.05, 0) is 37.3 Å². The normalized spacial score (nSPS) is 28.2. The van der Waals surface area contributed by atoms with Crippen LogP contribution in [0, 0.1) is 6.92 Å². The van der Waals surface area contributed by atoms with E-state index < -0.39 is 0 Å². The molecule has 1 spiro atoms. The van der Waals surface area contributed by atoms with Gasteiger partial charge in [-0.1, -0.05) is 23.8 Å². The van der Waals surface area contributed by atoms with Crippen molar-refractivity contribution in [2.75, 3.05) is 6.54 Å².